The molecule has 2 aromatic carbocycles. The van der Waals surface area contributed by atoms with Crippen LogP contribution in [0.2, 0.25) is 0 Å². The van der Waals surface area contributed by atoms with Crippen molar-refractivity contribution in [1.82, 2.24) is 9.47 Å². The van der Waals surface area contributed by atoms with E-state index >= 15 is 0 Å². The molecule has 8 heteroatoms. The Morgan fingerprint density at radius 3 is 2.37 bits per heavy atom. The summed E-state index contributed by atoms with van der Waals surface area (Å²) in [5.74, 6) is -0.0853. The monoisotopic (exact) mass is 490 g/mol. The van der Waals surface area contributed by atoms with E-state index in [1.54, 1.807) is 29.2 Å². The summed E-state index contributed by atoms with van der Waals surface area (Å²) in [6.45, 7) is 4.70. The predicted molar refractivity (Wildman–Crippen MR) is 137 cm³/mol. The van der Waals surface area contributed by atoms with Crippen LogP contribution in [0.5, 0.6) is 5.75 Å². The van der Waals surface area contributed by atoms with Crippen molar-refractivity contribution in [3.63, 3.8) is 0 Å². The van der Waals surface area contributed by atoms with Crippen molar-refractivity contribution >= 4 is 44.0 Å². The summed E-state index contributed by atoms with van der Waals surface area (Å²) in [7, 11) is 1.47. The number of ketones is 1. The number of para-hydroxylation sites is 1. The summed E-state index contributed by atoms with van der Waals surface area (Å²) in [5, 5.41) is 1.13. The van der Waals surface area contributed by atoms with Gasteiger partial charge in [0, 0.05) is 24.0 Å². The average molecular weight is 491 g/mol. The van der Waals surface area contributed by atoms with Gasteiger partial charge in [-0.1, -0.05) is 48.5 Å². The van der Waals surface area contributed by atoms with Crippen molar-refractivity contribution in [2.75, 3.05) is 20.2 Å². The second kappa shape index (κ2) is 9.28. The van der Waals surface area contributed by atoms with Crippen molar-refractivity contribution in [2.24, 2.45) is 0 Å². The maximum atomic E-state index is 13.8. The zero-order chi connectivity index (χ0) is 24.7. The van der Waals surface area contributed by atoms with E-state index in [0.717, 1.165) is 5.39 Å². The van der Waals surface area contributed by atoms with Crippen LogP contribution in [-0.4, -0.2) is 53.6 Å². The number of ether oxygens (including phenoxy) is 2. The third-order valence-corrected chi connectivity index (χ3v) is 7.46. The van der Waals surface area contributed by atoms with E-state index < -0.39 is 0 Å². The van der Waals surface area contributed by atoms with Crippen LogP contribution in [0.15, 0.2) is 59.4 Å². The highest BCUT2D eigenvalue weighted by Crippen LogP contribution is 2.40. The van der Waals surface area contributed by atoms with Crippen LogP contribution in [-0.2, 0) is 11.3 Å². The van der Waals surface area contributed by atoms with Gasteiger partial charge in [-0.25, -0.2) is 0 Å². The van der Waals surface area contributed by atoms with Crippen molar-refractivity contribution in [3.8, 4) is 5.75 Å². The number of nitrogens with zero attached hydrogens (tertiary/aromatic N) is 2. The number of thiophene rings is 1. The van der Waals surface area contributed by atoms with Crippen molar-refractivity contribution in [3.05, 3.63) is 75.4 Å². The molecule has 2 unspecified atom stereocenters. The summed E-state index contributed by atoms with van der Waals surface area (Å²) >= 11 is 1.27. The number of carbonyl (C=O) groups is 2. The maximum absolute atomic E-state index is 13.8. The number of pyridine rings is 1. The van der Waals surface area contributed by atoms with E-state index in [0.29, 0.717) is 39.1 Å². The minimum absolute atomic E-state index is 0.0786. The topological polar surface area (TPSA) is 77.8 Å². The average Bonchev–Trinajstić information content (AvgIpc) is 3.26. The zero-order valence-corrected chi connectivity index (χ0v) is 20.6. The third kappa shape index (κ3) is 4.13. The van der Waals surface area contributed by atoms with E-state index in [2.05, 4.69) is 0 Å². The Labute approximate surface area is 206 Å². The Hall–Kier alpha value is -3.49. The fourth-order valence-corrected chi connectivity index (χ4v) is 6.05. The van der Waals surface area contributed by atoms with Gasteiger partial charge in [-0.15, -0.1) is 11.3 Å². The standard InChI is InChI=1S/C27H26N2O5S/c1-16-13-28(14-17(2)34-16)27(32)25-23(33-3)22-24(35-25)19-11-7-8-12-20(19)29(26(22)31)15-21(30)18-9-5-4-6-10-18/h4-12,16-17H,13-15H2,1-3H3. The maximum Gasteiger partial charge on any atom is 0.267 e. The first-order valence-corrected chi connectivity index (χ1v) is 12.4. The van der Waals surface area contributed by atoms with Gasteiger partial charge in [0.1, 0.15) is 10.3 Å². The molecule has 4 aromatic rings. The number of methoxy groups -OCH3 is 1. The first-order chi connectivity index (χ1) is 16.9. The number of hydrogen-bond acceptors (Lipinski definition) is 6. The molecule has 0 spiro atoms. The number of carbonyl (C=O) groups excluding carboxylic acids is 2. The molecule has 1 amide bonds. The molecule has 1 aliphatic heterocycles. The predicted octanol–water partition coefficient (Wildman–Crippen LogP) is 4.36. The van der Waals surface area contributed by atoms with Crippen LogP contribution in [0.4, 0.5) is 0 Å². The zero-order valence-electron chi connectivity index (χ0n) is 19.8. The minimum Gasteiger partial charge on any atom is -0.494 e. The summed E-state index contributed by atoms with van der Waals surface area (Å²) in [4.78, 5) is 42.5. The molecule has 35 heavy (non-hydrogen) atoms. The smallest absolute Gasteiger partial charge is 0.267 e. The molecule has 0 N–H and O–H groups in total. The molecule has 5 rings (SSSR count). The van der Waals surface area contributed by atoms with Gasteiger partial charge in [-0.05, 0) is 19.9 Å². The Morgan fingerprint density at radius 1 is 1.03 bits per heavy atom. The Kier molecular flexibility index (Phi) is 6.17. The highest BCUT2D eigenvalue weighted by atomic mass is 32.1. The lowest BCUT2D eigenvalue weighted by Gasteiger charge is -2.35. The van der Waals surface area contributed by atoms with Gasteiger partial charge in [-0.3, -0.25) is 19.0 Å². The molecule has 180 valence electrons. The van der Waals surface area contributed by atoms with E-state index in [-0.39, 0.29) is 41.8 Å². The molecule has 0 saturated carbocycles. The lowest BCUT2D eigenvalue weighted by Crippen LogP contribution is -2.48. The third-order valence-electron chi connectivity index (χ3n) is 6.27. The van der Waals surface area contributed by atoms with Gasteiger partial charge in [0.25, 0.3) is 11.5 Å². The number of hydrogen-bond donors (Lipinski definition) is 0. The second-order valence-corrected chi connectivity index (χ2v) is 9.85. The van der Waals surface area contributed by atoms with Crippen molar-refractivity contribution in [2.45, 2.75) is 32.6 Å². The highest BCUT2D eigenvalue weighted by Gasteiger charge is 2.32. The fraction of sp³-hybridized carbons (Fsp3) is 0.296. The molecule has 1 fully saturated rings. The Morgan fingerprint density at radius 2 is 1.69 bits per heavy atom. The number of amides is 1. The number of benzene rings is 2. The molecule has 0 aliphatic carbocycles. The molecular formula is C27H26N2O5S. The molecule has 3 heterocycles. The molecule has 0 bridgehead atoms. The summed E-state index contributed by atoms with van der Waals surface area (Å²) in [6.07, 6.45) is -0.157. The van der Waals surface area contributed by atoms with E-state index in [4.69, 9.17) is 9.47 Å². The van der Waals surface area contributed by atoms with Crippen LogP contribution in [0.1, 0.15) is 33.9 Å². The highest BCUT2D eigenvalue weighted by molar-refractivity contribution is 7.22. The first-order valence-electron chi connectivity index (χ1n) is 11.5. The number of rotatable bonds is 5. The SMILES string of the molecule is COc1c(C(=O)N2CC(C)OC(C)C2)sc2c1c(=O)n(CC(=O)c1ccccc1)c1ccccc21. The molecule has 2 aromatic heterocycles. The van der Waals surface area contributed by atoms with Gasteiger partial charge in [0.05, 0.1) is 36.1 Å². The van der Waals surface area contributed by atoms with Crippen molar-refractivity contribution in [1.29, 1.82) is 0 Å². The van der Waals surface area contributed by atoms with Crippen LogP contribution in [0, 0.1) is 0 Å². The molecule has 1 saturated heterocycles. The molecule has 2 atom stereocenters. The van der Waals surface area contributed by atoms with Gasteiger partial charge in [0.15, 0.2) is 11.5 Å². The van der Waals surface area contributed by atoms with Gasteiger partial charge in [-0.2, -0.15) is 0 Å². The molecule has 0 radical (unpaired) electrons. The fourth-order valence-electron chi connectivity index (χ4n) is 4.78. The second-order valence-electron chi connectivity index (χ2n) is 8.83. The normalized spacial score (nSPS) is 18.2. The van der Waals surface area contributed by atoms with Gasteiger partial charge in [0.2, 0.25) is 0 Å². The minimum atomic E-state index is -0.348. The van der Waals surface area contributed by atoms with Gasteiger partial charge >= 0.3 is 0 Å². The van der Waals surface area contributed by atoms with Crippen LogP contribution < -0.4 is 10.3 Å². The summed E-state index contributed by atoms with van der Waals surface area (Å²) < 4.78 is 13.6. The summed E-state index contributed by atoms with van der Waals surface area (Å²) in [5.41, 5.74) is 0.830. The van der Waals surface area contributed by atoms with Crippen LogP contribution in [0.3, 0.4) is 0 Å². The van der Waals surface area contributed by atoms with Gasteiger partial charge < -0.3 is 14.4 Å². The number of fused-ring (bicyclic) bond motifs is 3. The van der Waals surface area contributed by atoms with E-state index in [1.165, 1.54) is 23.0 Å². The van der Waals surface area contributed by atoms with Crippen LogP contribution in [0.25, 0.3) is 21.0 Å². The largest absolute Gasteiger partial charge is 0.494 e. The molecule has 7 nitrogen and oxygen atoms in total. The lowest BCUT2D eigenvalue weighted by atomic mass is 10.1. The Bertz CT molecular complexity index is 1480. The molecular weight excluding hydrogens is 464 g/mol. The summed E-state index contributed by atoms with van der Waals surface area (Å²) in [6, 6.07) is 16.4. The van der Waals surface area contributed by atoms with E-state index in [9.17, 15) is 14.4 Å². The Balaban J connectivity index is 1.68. The quantitative estimate of drug-likeness (QED) is 0.389. The van der Waals surface area contributed by atoms with Crippen LogP contribution >= 0.6 is 11.3 Å². The number of aromatic nitrogens is 1. The first kappa shape index (κ1) is 23.3. The lowest BCUT2D eigenvalue weighted by molar-refractivity contribution is -0.0585. The van der Waals surface area contributed by atoms with E-state index in [1.807, 2.05) is 44.2 Å². The molecule has 1 aliphatic rings. The number of Topliss-reactive ketones (excluding diaryl/α,β-unsaturated/α-hetero) is 1. The number of morpholine rings is 1. The van der Waals surface area contributed by atoms with Crippen molar-refractivity contribution < 1.29 is 19.1 Å².